The molecule has 0 atom stereocenters. The van der Waals surface area contributed by atoms with Crippen molar-refractivity contribution in [3.05, 3.63) is 35.9 Å². The van der Waals surface area contributed by atoms with Crippen LogP contribution in [-0.2, 0) is 6.42 Å². The van der Waals surface area contributed by atoms with E-state index in [1.807, 2.05) is 18.2 Å². The molecule has 0 aromatic heterocycles. The fourth-order valence-electron chi connectivity index (χ4n) is 1.95. The third kappa shape index (κ3) is 1.83. The Kier molecular flexibility index (Phi) is 3.00. The first-order valence-electron chi connectivity index (χ1n) is 5.66. The van der Waals surface area contributed by atoms with E-state index in [2.05, 4.69) is 6.92 Å². The minimum Gasteiger partial charge on any atom is -0.507 e. The third-order valence-corrected chi connectivity index (χ3v) is 2.88. The smallest absolute Gasteiger partial charge is 0.130 e. The molecule has 0 aliphatic heterocycles. The van der Waals surface area contributed by atoms with Gasteiger partial charge in [-0.05, 0) is 29.9 Å². The van der Waals surface area contributed by atoms with E-state index in [0.717, 1.165) is 30.2 Å². The van der Waals surface area contributed by atoms with E-state index >= 15 is 0 Å². The van der Waals surface area contributed by atoms with E-state index < -0.39 is 0 Å². The minimum absolute atomic E-state index is 0.147. The first kappa shape index (κ1) is 10.8. The highest BCUT2D eigenvalue weighted by atomic mass is 16.3. The standard InChI is InChI=1S/C14H16O2/c1-2-3-5-11-9-8-10-6-4-7-12(15)13(10)14(11)16/h4,6-9,15-16H,2-3,5H2,1H3. The maximum absolute atomic E-state index is 10.1. The molecule has 16 heavy (non-hydrogen) atoms. The van der Waals surface area contributed by atoms with Gasteiger partial charge in [-0.2, -0.15) is 0 Å². The predicted octanol–water partition coefficient (Wildman–Crippen LogP) is 3.59. The number of aromatic hydroxyl groups is 2. The lowest BCUT2D eigenvalue weighted by atomic mass is 10.0. The number of unbranched alkanes of at least 4 members (excludes halogenated alkanes) is 1. The lowest BCUT2D eigenvalue weighted by Crippen LogP contribution is -1.87. The Hall–Kier alpha value is -1.70. The highest BCUT2D eigenvalue weighted by Crippen LogP contribution is 2.35. The van der Waals surface area contributed by atoms with Crippen LogP contribution in [-0.4, -0.2) is 10.2 Å². The van der Waals surface area contributed by atoms with Crippen molar-refractivity contribution in [3.63, 3.8) is 0 Å². The number of hydrogen-bond acceptors (Lipinski definition) is 2. The first-order valence-corrected chi connectivity index (χ1v) is 5.66. The van der Waals surface area contributed by atoms with Gasteiger partial charge in [0.05, 0.1) is 5.39 Å². The number of rotatable bonds is 3. The van der Waals surface area contributed by atoms with Crippen LogP contribution in [0.15, 0.2) is 30.3 Å². The summed E-state index contributed by atoms with van der Waals surface area (Å²) in [4.78, 5) is 0. The summed E-state index contributed by atoms with van der Waals surface area (Å²) < 4.78 is 0. The summed E-state index contributed by atoms with van der Waals surface area (Å²) in [5.74, 6) is 0.373. The molecule has 0 aliphatic carbocycles. The van der Waals surface area contributed by atoms with Crippen molar-refractivity contribution < 1.29 is 10.2 Å². The molecule has 2 heteroatoms. The van der Waals surface area contributed by atoms with Gasteiger partial charge in [0.2, 0.25) is 0 Å². The van der Waals surface area contributed by atoms with Crippen LogP contribution in [0.4, 0.5) is 0 Å². The van der Waals surface area contributed by atoms with E-state index in [9.17, 15) is 10.2 Å². The second kappa shape index (κ2) is 4.44. The van der Waals surface area contributed by atoms with Crippen molar-refractivity contribution in [2.24, 2.45) is 0 Å². The Bertz CT molecular complexity index is 503. The molecule has 2 aromatic carbocycles. The Morgan fingerprint density at radius 2 is 1.88 bits per heavy atom. The van der Waals surface area contributed by atoms with E-state index in [0.29, 0.717) is 5.39 Å². The molecule has 0 aliphatic rings. The molecule has 0 spiro atoms. The predicted molar refractivity (Wildman–Crippen MR) is 65.9 cm³/mol. The largest absolute Gasteiger partial charge is 0.507 e. The van der Waals surface area contributed by atoms with Gasteiger partial charge in [-0.15, -0.1) is 0 Å². The van der Waals surface area contributed by atoms with Gasteiger partial charge in [0.1, 0.15) is 11.5 Å². The number of phenols is 2. The lowest BCUT2D eigenvalue weighted by Gasteiger charge is -2.08. The zero-order valence-corrected chi connectivity index (χ0v) is 9.40. The van der Waals surface area contributed by atoms with Gasteiger partial charge in [0.25, 0.3) is 0 Å². The van der Waals surface area contributed by atoms with Gasteiger partial charge < -0.3 is 10.2 Å². The normalized spacial score (nSPS) is 10.8. The van der Waals surface area contributed by atoms with Crippen LogP contribution in [0.2, 0.25) is 0 Å². The number of fused-ring (bicyclic) bond motifs is 1. The number of phenolic OH excluding ortho intramolecular Hbond substituents is 2. The van der Waals surface area contributed by atoms with Crippen LogP contribution in [0.3, 0.4) is 0 Å². The maximum Gasteiger partial charge on any atom is 0.130 e. The van der Waals surface area contributed by atoms with Crippen molar-refractivity contribution in [1.82, 2.24) is 0 Å². The summed E-state index contributed by atoms with van der Waals surface area (Å²) in [5.41, 5.74) is 0.913. The average molecular weight is 216 g/mol. The maximum atomic E-state index is 10.1. The third-order valence-electron chi connectivity index (χ3n) is 2.88. The average Bonchev–Trinajstić information content (AvgIpc) is 2.28. The Morgan fingerprint density at radius 3 is 2.62 bits per heavy atom. The van der Waals surface area contributed by atoms with Crippen molar-refractivity contribution in [1.29, 1.82) is 0 Å². The number of benzene rings is 2. The molecule has 0 unspecified atom stereocenters. The highest BCUT2D eigenvalue weighted by molar-refractivity contribution is 5.94. The molecule has 0 bridgehead atoms. The van der Waals surface area contributed by atoms with Crippen molar-refractivity contribution in [2.45, 2.75) is 26.2 Å². The second-order valence-corrected chi connectivity index (χ2v) is 4.05. The van der Waals surface area contributed by atoms with Crippen molar-refractivity contribution >= 4 is 10.8 Å². The molecule has 0 saturated heterocycles. The molecule has 2 nitrogen and oxygen atoms in total. The molecular weight excluding hydrogens is 200 g/mol. The van der Waals surface area contributed by atoms with Gasteiger partial charge in [0.15, 0.2) is 0 Å². The molecule has 0 saturated carbocycles. The van der Waals surface area contributed by atoms with Crippen LogP contribution in [0.25, 0.3) is 10.8 Å². The summed E-state index contributed by atoms with van der Waals surface area (Å²) in [5, 5.41) is 21.3. The van der Waals surface area contributed by atoms with Crippen LogP contribution in [0.1, 0.15) is 25.3 Å². The first-order chi connectivity index (χ1) is 7.74. The Morgan fingerprint density at radius 1 is 1.06 bits per heavy atom. The molecule has 0 heterocycles. The quantitative estimate of drug-likeness (QED) is 0.823. The van der Waals surface area contributed by atoms with E-state index in [-0.39, 0.29) is 11.5 Å². The van der Waals surface area contributed by atoms with Crippen molar-refractivity contribution in [2.75, 3.05) is 0 Å². The molecule has 84 valence electrons. The van der Waals surface area contributed by atoms with Gasteiger partial charge in [-0.25, -0.2) is 0 Å². The number of hydrogen-bond donors (Lipinski definition) is 2. The second-order valence-electron chi connectivity index (χ2n) is 4.05. The highest BCUT2D eigenvalue weighted by Gasteiger charge is 2.09. The van der Waals surface area contributed by atoms with Crippen LogP contribution in [0.5, 0.6) is 11.5 Å². The molecule has 2 aromatic rings. The molecule has 2 N–H and O–H groups in total. The lowest BCUT2D eigenvalue weighted by molar-refractivity contribution is 0.459. The molecular formula is C14H16O2. The molecule has 0 fully saturated rings. The van der Waals surface area contributed by atoms with E-state index in [4.69, 9.17) is 0 Å². The fraction of sp³-hybridized carbons (Fsp3) is 0.286. The summed E-state index contributed by atoms with van der Waals surface area (Å²) >= 11 is 0. The zero-order valence-electron chi connectivity index (χ0n) is 9.40. The minimum atomic E-state index is 0.147. The molecule has 0 amide bonds. The van der Waals surface area contributed by atoms with E-state index in [1.54, 1.807) is 12.1 Å². The fourth-order valence-corrected chi connectivity index (χ4v) is 1.95. The van der Waals surface area contributed by atoms with Crippen LogP contribution < -0.4 is 0 Å². The van der Waals surface area contributed by atoms with Crippen LogP contribution in [0, 0.1) is 0 Å². The summed E-state index contributed by atoms with van der Waals surface area (Å²) in [7, 11) is 0. The topological polar surface area (TPSA) is 40.5 Å². The van der Waals surface area contributed by atoms with Gasteiger partial charge in [0, 0.05) is 0 Å². The van der Waals surface area contributed by atoms with Gasteiger partial charge >= 0.3 is 0 Å². The summed E-state index contributed by atoms with van der Waals surface area (Å²) in [6.07, 6.45) is 3.00. The SMILES string of the molecule is CCCCc1ccc2cccc(O)c2c1O. The van der Waals surface area contributed by atoms with Gasteiger partial charge in [-0.1, -0.05) is 37.6 Å². The van der Waals surface area contributed by atoms with Crippen LogP contribution >= 0.6 is 0 Å². The summed E-state index contributed by atoms with van der Waals surface area (Å²) in [6, 6.07) is 9.15. The molecule has 2 rings (SSSR count). The Balaban J connectivity index is 2.55. The monoisotopic (exact) mass is 216 g/mol. The summed E-state index contributed by atoms with van der Waals surface area (Å²) in [6.45, 7) is 2.12. The zero-order chi connectivity index (χ0) is 11.5. The number of aryl methyl sites for hydroxylation is 1. The van der Waals surface area contributed by atoms with E-state index in [1.165, 1.54) is 0 Å². The molecule has 0 radical (unpaired) electrons. The van der Waals surface area contributed by atoms with Gasteiger partial charge in [-0.3, -0.25) is 0 Å². The Labute approximate surface area is 95.2 Å². The van der Waals surface area contributed by atoms with Crippen molar-refractivity contribution in [3.8, 4) is 11.5 Å².